The Balaban J connectivity index is 1.74. The number of aromatic nitrogens is 3. The molecule has 1 aliphatic carbocycles. The Morgan fingerprint density at radius 2 is 1.93 bits per heavy atom. The van der Waals surface area contributed by atoms with Gasteiger partial charge in [-0.3, -0.25) is 4.79 Å². The highest BCUT2D eigenvalue weighted by Gasteiger charge is 2.42. The molecule has 2 aromatic heterocycles. The zero-order valence-corrected chi connectivity index (χ0v) is 14.6. The minimum Gasteiger partial charge on any atom is -0.443 e. The van der Waals surface area contributed by atoms with Gasteiger partial charge in [0.1, 0.15) is 11.3 Å². The van der Waals surface area contributed by atoms with Gasteiger partial charge in [0.15, 0.2) is 12.0 Å². The van der Waals surface area contributed by atoms with Gasteiger partial charge in [0.2, 0.25) is 0 Å². The number of nitrogens with one attached hydrogen (secondary N) is 1. The molecule has 0 bridgehead atoms. The number of fused-ring (bicyclic) bond motifs is 1. The molecule has 8 heteroatoms. The summed E-state index contributed by atoms with van der Waals surface area (Å²) in [4.78, 5) is 24.0. The minimum atomic E-state index is -4.16. The fraction of sp³-hybridized carbons (Fsp3) is 0.421. The van der Waals surface area contributed by atoms with Crippen LogP contribution in [0.4, 0.5) is 13.2 Å². The van der Waals surface area contributed by atoms with E-state index in [-0.39, 0.29) is 24.3 Å². The Morgan fingerprint density at radius 1 is 1.19 bits per heavy atom. The van der Waals surface area contributed by atoms with Gasteiger partial charge in [-0.25, -0.2) is 9.97 Å². The van der Waals surface area contributed by atoms with Gasteiger partial charge in [0, 0.05) is 5.92 Å². The number of nitrogens with zero attached hydrogens (tertiary/aromatic N) is 2. The number of aromatic amines is 1. The second kappa shape index (κ2) is 6.51. The normalized spacial score (nSPS) is 20.9. The maximum atomic E-state index is 13.0. The van der Waals surface area contributed by atoms with Crippen molar-refractivity contribution in [3.05, 3.63) is 46.5 Å². The van der Waals surface area contributed by atoms with E-state index in [2.05, 4.69) is 15.0 Å². The standard InChI is InChI=1S/C19H18F3N3O2/c1-10-24-17(11-2-5-13(6-3-11)19(20,21)22)16(18(26)25-10)12-4-7-15-14(8-12)23-9-27-15/h4,7-9,11,13H,2-3,5-6H2,1H3,(H,24,25,26). The predicted octanol–water partition coefficient (Wildman–Crippen LogP) is 4.72. The van der Waals surface area contributed by atoms with Crippen molar-refractivity contribution in [3.63, 3.8) is 0 Å². The zero-order valence-electron chi connectivity index (χ0n) is 14.6. The molecular formula is C19H18F3N3O2. The SMILES string of the molecule is Cc1nc(C2CCC(C(F)(F)F)CC2)c(-c2ccc3ocnc3c2)c(=O)[nH]1. The fourth-order valence-electron chi connectivity index (χ4n) is 3.89. The third-order valence-electron chi connectivity index (χ3n) is 5.26. The minimum absolute atomic E-state index is 0.0590. The van der Waals surface area contributed by atoms with Crippen molar-refractivity contribution in [2.24, 2.45) is 5.92 Å². The lowest BCUT2D eigenvalue weighted by Crippen LogP contribution is -2.28. The van der Waals surface area contributed by atoms with Crippen molar-refractivity contribution in [1.29, 1.82) is 0 Å². The molecule has 0 radical (unpaired) electrons. The Hall–Kier alpha value is -2.64. The quantitative estimate of drug-likeness (QED) is 0.701. The molecule has 0 amide bonds. The van der Waals surface area contributed by atoms with Crippen LogP contribution in [0.25, 0.3) is 22.2 Å². The van der Waals surface area contributed by atoms with Crippen LogP contribution in [-0.2, 0) is 0 Å². The molecule has 0 atom stereocenters. The molecule has 1 saturated carbocycles. The summed E-state index contributed by atoms with van der Waals surface area (Å²) in [6.45, 7) is 1.68. The van der Waals surface area contributed by atoms with Crippen molar-refractivity contribution < 1.29 is 17.6 Å². The highest BCUT2D eigenvalue weighted by atomic mass is 19.4. The van der Waals surface area contributed by atoms with Crippen molar-refractivity contribution in [2.75, 3.05) is 0 Å². The van der Waals surface area contributed by atoms with E-state index in [0.29, 0.717) is 46.6 Å². The summed E-state index contributed by atoms with van der Waals surface area (Å²) in [7, 11) is 0. The summed E-state index contributed by atoms with van der Waals surface area (Å²) in [6.07, 6.45) is -2.00. The first-order chi connectivity index (χ1) is 12.8. The molecule has 1 N–H and O–H groups in total. The van der Waals surface area contributed by atoms with Gasteiger partial charge in [-0.1, -0.05) is 6.07 Å². The lowest BCUT2D eigenvalue weighted by atomic mass is 9.78. The topological polar surface area (TPSA) is 71.8 Å². The van der Waals surface area contributed by atoms with E-state index in [4.69, 9.17) is 4.42 Å². The number of hydrogen-bond acceptors (Lipinski definition) is 4. The van der Waals surface area contributed by atoms with E-state index in [1.165, 1.54) is 6.39 Å². The summed E-state index contributed by atoms with van der Waals surface area (Å²) in [5.74, 6) is -0.987. The van der Waals surface area contributed by atoms with Gasteiger partial charge < -0.3 is 9.40 Å². The number of oxazole rings is 1. The number of alkyl halides is 3. The number of rotatable bonds is 2. The molecule has 0 saturated heterocycles. The molecule has 0 spiro atoms. The second-order valence-electron chi connectivity index (χ2n) is 7.04. The molecule has 1 aliphatic rings. The Morgan fingerprint density at radius 3 is 2.63 bits per heavy atom. The van der Waals surface area contributed by atoms with Crippen LogP contribution in [0.15, 0.2) is 33.8 Å². The number of H-pyrrole nitrogens is 1. The van der Waals surface area contributed by atoms with Crippen molar-refractivity contribution in [2.45, 2.75) is 44.7 Å². The van der Waals surface area contributed by atoms with Crippen LogP contribution in [0, 0.1) is 12.8 Å². The maximum absolute atomic E-state index is 13.0. The zero-order chi connectivity index (χ0) is 19.2. The molecule has 2 heterocycles. The van der Waals surface area contributed by atoms with E-state index in [1.807, 2.05) is 0 Å². The highest BCUT2D eigenvalue weighted by molar-refractivity contribution is 5.80. The molecule has 1 fully saturated rings. The third-order valence-corrected chi connectivity index (χ3v) is 5.26. The van der Waals surface area contributed by atoms with Crippen LogP contribution >= 0.6 is 0 Å². The van der Waals surface area contributed by atoms with Gasteiger partial charge in [-0.15, -0.1) is 0 Å². The lowest BCUT2D eigenvalue weighted by Gasteiger charge is -2.30. The molecule has 0 unspecified atom stereocenters. The molecule has 142 valence electrons. The van der Waals surface area contributed by atoms with Gasteiger partial charge in [-0.2, -0.15) is 13.2 Å². The highest BCUT2D eigenvalue weighted by Crippen LogP contribution is 2.43. The first-order valence-electron chi connectivity index (χ1n) is 8.84. The van der Waals surface area contributed by atoms with E-state index >= 15 is 0 Å². The maximum Gasteiger partial charge on any atom is 0.391 e. The lowest BCUT2D eigenvalue weighted by molar-refractivity contribution is -0.182. The van der Waals surface area contributed by atoms with Crippen LogP contribution in [0.2, 0.25) is 0 Å². The smallest absolute Gasteiger partial charge is 0.391 e. The molecule has 5 nitrogen and oxygen atoms in total. The van der Waals surface area contributed by atoms with E-state index in [9.17, 15) is 18.0 Å². The van der Waals surface area contributed by atoms with E-state index in [1.54, 1.807) is 25.1 Å². The number of hydrogen-bond donors (Lipinski definition) is 1. The van der Waals surface area contributed by atoms with Crippen LogP contribution in [0.3, 0.4) is 0 Å². The number of halogens is 3. The Labute approximate surface area is 152 Å². The first-order valence-corrected chi connectivity index (χ1v) is 8.84. The van der Waals surface area contributed by atoms with Crippen LogP contribution in [0.1, 0.15) is 43.1 Å². The summed E-state index contributed by atoms with van der Waals surface area (Å²) in [5.41, 5.74) is 2.53. The molecule has 27 heavy (non-hydrogen) atoms. The monoisotopic (exact) mass is 377 g/mol. The Kier molecular flexibility index (Phi) is 4.28. The van der Waals surface area contributed by atoms with Crippen LogP contribution in [0.5, 0.6) is 0 Å². The van der Waals surface area contributed by atoms with Crippen molar-refractivity contribution in [3.8, 4) is 11.1 Å². The van der Waals surface area contributed by atoms with Gasteiger partial charge in [-0.05, 0) is 50.3 Å². The molecule has 4 rings (SSSR count). The second-order valence-corrected chi connectivity index (χ2v) is 7.04. The molecular weight excluding hydrogens is 359 g/mol. The largest absolute Gasteiger partial charge is 0.443 e. The number of aryl methyl sites for hydroxylation is 1. The average molecular weight is 377 g/mol. The van der Waals surface area contributed by atoms with Gasteiger partial charge >= 0.3 is 6.18 Å². The Bertz CT molecular complexity index is 1030. The van der Waals surface area contributed by atoms with E-state index < -0.39 is 12.1 Å². The predicted molar refractivity (Wildman–Crippen MR) is 93.4 cm³/mol. The van der Waals surface area contributed by atoms with E-state index in [0.717, 1.165) is 0 Å². The van der Waals surface area contributed by atoms with Crippen molar-refractivity contribution in [1.82, 2.24) is 15.0 Å². The molecule has 1 aromatic carbocycles. The summed E-state index contributed by atoms with van der Waals surface area (Å²) in [5, 5.41) is 0. The van der Waals surface area contributed by atoms with Crippen LogP contribution < -0.4 is 5.56 Å². The van der Waals surface area contributed by atoms with Gasteiger partial charge in [0.25, 0.3) is 5.56 Å². The molecule has 3 aromatic rings. The van der Waals surface area contributed by atoms with Gasteiger partial charge in [0.05, 0.1) is 17.2 Å². The summed E-state index contributed by atoms with van der Waals surface area (Å²) < 4.78 is 44.2. The summed E-state index contributed by atoms with van der Waals surface area (Å²) >= 11 is 0. The van der Waals surface area contributed by atoms with Crippen LogP contribution in [-0.4, -0.2) is 21.1 Å². The summed E-state index contributed by atoms with van der Waals surface area (Å²) in [6, 6.07) is 5.21. The number of benzene rings is 1. The fourth-order valence-corrected chi connectivity index (χ4v) is 3.89. The van der Waals surface area contributed by atoms with Crippen molar-refractivity contribution >= 4 is 11.1 Å². The average Bonchev–Trinajstić information content (AvgIpc) is 3.08. The third kappa shape index (κ3) is 3.36. The molecule has 0 aliphatic heterocycles. The first kappa shape index (κ1) is 17.8.